The Morgan fingerprint density at radius 2 is 2.20 bits per heavy atom. The van der Waals surface area contributed by atoms with Crippen molar-refractivity contribution in [1.82, 2.24) is 5.32 Å². The maximum absolute atomic E-state index is 14.2. The number of ether oxygens (including phenoxy) is 2. The minimum absolute atomic E-state index is 0.105. The summed E-state index contributed by atoms with van der Waals surface area (Å²) in [4.78, 5) is 13.0. The molecule has 1 heterocycles. The van der Waals surface area contributed by atoms with Crippen LogP contribution < -0.4 is 5.32 Å². The number of nitrogens with one attached hydrogen (secondary N) is 1. The molecule has 0 radical (unpaired) electrons. The Balaban J connectivity index is 2.39. The van der Waals surface area contributed by atoms with Gasteiger partial charge in [-0.15, -0.1) is 5.92 Å². The number of carbonyl (C=O) groups excluding carboxylic acids is 1. The molecule has 25 heavy (non-hydrogen) atoms. The van der Waals surface area contributed by atoms with Crippen molar-refractivity contribution in [2.75, 3.05) is 19.9 Å². The molecule has 0 bridgehead atoms. The van der Waals surface area contributed by atoms with Crippen molar-refractivity contribution < 1.29 is 36.9 Å². The van der Waals surface area contributed by atoms with Gasteiger partial charge in [-0.05, 0) is 11.9 Å². The van der Waals surface area contributed by atoms with Crippen LogP contribution in [-0.2, 0) is 14.3 Å². The standard InChI is InChI=1S/C12H15BF4N4O4/c14-8-9(24-6-20-21-18)7(5-22)25-10(8)13-3-1-2-4-19-11(23)12(15,16)17/h7-10,13,22H,3-6H2,(H,19,23)/t7-,8?,9?,10-/m1/s1. The van der Waals surface area contributed by atoms with Crippen molar-refractivity contribution in [3.05, 3.63) is 10.4 Å². The van der Waals surface area contributed by atoms with Crippen LogP contribution in [0.3, 0.4) is 0 Å². The maximum atomic E-state index is 14.2. The maximum Gasteiger partial charge on any atom is 0.471 e. The van der Waals surface area contributed by atoms with E-state index in [0.29, 0.717) is 0 Å². The second-order valence-electron chi connectivity index (χ2n) is 4.90. The molecule has 4 atom stereocenters. The molecular weight excluding hydrogens is 351 g/mol. The lowest BCUT2D eigenvalue weighted by Gasteiger charge is -2.16. The highest BCUT2D eigenvalue weighted by Gasteiger charge is 2.45. The zero-order valence-corrected chi connectivity index (χ0v) is 12.9. The van der Waals surface area contributed by atoms with Gasteiger partial charge in [-0.1, -0.05) is 11.0 Å². The van der Waals surface area contributed by atoms with Crippen LogP contribution in [0.1, 0.15) is 0 Å². The fourth-order valence-electron chi connectivity index (χ4n) is 2.10. The van der Waals surface area contributed by atoms with Crippen molar-refractivity contribution in [2.24, 2.45) is 5.11 Å². The van der Waals surface area contributed by atoms with Crippen LogP contribution in [0, 0.1) is 11.8 Å². The number of azide groups is 1. The smallest absolute Gasteiger partial charge is 0.394 e. The third kappa shape index (κ3) is 6.79. The first kappa shape index (κ1) is 21.0. The summed E-state index contributed by atoms with van der Waals surface area (Å²) in [5, 5.41) is 13.8. The Morgan fingerprint density at radius 1 is 1.48 bits per heavy atom. The van der Waals surface area contributed by atoms with Crippen LogP contribution >= 0.6 is 0 Å². The Hall–Kier alpha value is -2.00. The Kier molecular flexibility index (Phi) is 8.50. The fraction of sp³-hybridized carbons (Fsp3) is 0.750. The molecule has 0 aromatic heterocycles. The van der Waals surface area contributed by atoms with Gasteiger partial charge in [0, 0.05) is 4.91 Å². The molecule has 1 saturated heterocycles. The van der Waals surface area contributed by atoms with E-state index in [4.69, 9.17) is 20.1 Å². The van der Waals surface area contributed by atoms with E-state index in [-0.39, 0.29) is 13.6 Å². The summed E-state index contributed by atoms with van der Waals surface area (Å²) < 4.78 is 60.2. The average molecular weight is 366 g/mol. The minimum atomic E-state index is -4.97. The molecule has 8 nitrogen and oxygen atoms in total. The molecule has 1 rings (SSSR count). The van der Waals surface area contributed by atoms with Crippen LogP contribution in [0.4, 0.5) is 17.6 Å². The van der Waals surface area contributed by atoms with E-state index in [1.807, 2.05) is 0 Å². The first-order valence-corrected chi connectivity index (χ1v) is 7.14. The predicted octanol–water partition coefficient (Wildman–Crippen LogP) is 0.231. The zero-order chi connectivity index (χ0) is 18.9. The fourth-order valence-corrected chi connectivity index (χ4v) is 2.10. The van der Waals surface area contributed by atoms with Gasteiger partial charge in [-0.3, -0.25) is 4.79 Å². The van der Waals surface area contributed by atoms with Gasteiger partial charge in [-0.2, -0.15) is 13.2 Å². The summed E-state index contributed by atoms with van der Waals surface area (Å²) in [6.07, 6.45) is -8.47. The molecule has 0 aromatic carbocycles. The number of rotatable bonds is 7. The first-order valence-electron chi connectivity index (χ1n) is 7.14. The largest absolute Gasteiger partial charge is 0.471 e. The Morgan fingerprint density at radius 3 is 2.80 bits per heavy atom. The average Bonchev–Trinajstić information content (AvgIpc) is 2.86. The lowest BCUT2D eigenvalue weighted by molar-refractivity contribution is -0.173. The number of aliphatic hydroxyl groups excluding tert-OH is 1. The number of halogens is 4. The molecule has 2 unspecified atom stereocenters. The highest BCUT2D eigenvalue weighted by atomic mass is 19.4. The summed E-state index contributed by atoms with van der Waals surface area (Å²) in [5.41, 5.74) is 8.15. The van der Waals surface area contributed by atoms with Gasteiger partial charge in [0.15, 0.2) is 7.28 Å². The molecule has 13 heteroatoms. The summed E-state index contributed by atoms with van der Waals surface area (Å²) in [6.45, 7) is -1.39. The summed E-state index contributed by atoms with van der Waals surface area (Å²) in [6, 6.07) is -0.924. The number of hydrogen-bond donors (Lipinski definition) is 2. The van der Waals surface area contributed by atoms with Crippen LogP contribution in [0.2, 0.25) is 6.32 Å². The first-order chi connectivity index (χ1) is 11.8. The molecule has 0 saturated carbocycles. The van der Waals surface area contributed by atoms with E-state index in [9.17, 15) is 22.4 Å². The van der Waals surface area contributed by atoms with Gasteiger partial charge >= 0.3 is 12.1 Å². The van der Waals surface area contributed by atoms with Crippen molar-refractivity contribution in [3.8, 4) is 11.8 Å². The number of carbonyl (C=O) groups is 1. The van der Waals surface area contributed by atoms with Crippen LogP contribution in [0.15, 0.2) is 5.11 Å². The molecule has 0 spiro atoms. The number of hydrogen-bond acceptors (Lipinski definition) is 5. The zero-order valence-electron chi connectivity index (χ0n) is 12.9. The van der Waals surface area contributed by atoms with Crippen molar-refractivity contribution in [2.45, 2.75) is 36.9 Å². The molecule has 1 fully saturated rings. The second kappa shape index (κ2) is 10.1. The molecule has 138 valence electrons. The van der Waals surface area contributed by atoms with Crippen molar-refractivity contribution >= 4 is 13.2 Å². The predicted molar refractivity (Wildman–Crippen MR) is 78.3 cm³/mol. The molecule has 1 amide bonds. The van der Waals surface area contributed by atoms with Gasteiger partial charge in [0.1, 0.15) is 25.1 Å². The number of alkyl halides is 4. The van der Waals surface area contributed by atoms with Crippen LogP contribution in [-0.4, -0.2) is 68.7 Å². The van der Waals surface area contributed by atoms with Crippen molar-refractivity contribution in [3.63, 3.8) is 0 Å². The van der Waals surface area contributed by atoms with Crippen molar-refractivity contribution in [1.29, 1.82) is 0 Å². The second-order valence-corrected chi connectivity index (χ2v) is 4.90. The van der Waals surface area contributed by atoms with Gasteiger partial charge < -0.3 is 19.9 Å². The SMILES string of the molecule is [N-]=[N+]=NCOC1C(F)[C@H](BCC#CCNC(=O)C(F)(F)F)O[C@@H]1CO. The quantitative estimate of drug-likeness (QED) is 0.168. The monoisotopic (exact) mass is 366 g/mol. The Labute approximate surface area is 140 Å². The number of nitrogens with zero attached hydrogens (tertiary/aromatic N) is 3. The van der Waals surface area contributed by atoms with E-state index >= 15 is 0 Å². The molecular formula is C12H15BF4N4O4. The summed E-state index contributed by atoms with van der Waals surface area (Å²) >= 11 is 0. The molecule has 0 aliphatic carbocycles. The van der Waals surface area contributed by atoms with Gasteiger partial charge in [0.25, 0.3) is 0 Å². The molecule has 2 N–H and O–H groups in total. The summed E-state index contributed by atoms with van der Waals surface area (Å²) in [5.74, 6) is 2.71. The topological polar surface area (TPSA) is 117 Å². The van der Waals surface area contributed by atoms with E-state index < -0.39 is 56.3 Å². The normalized spacial score (nSPS) is 25.5. The molecule has 1 aliphatic rings. The summed E-state index contributed by atoms with van der Waals surface area (Å²) in [7, 11) is 0.110. The van der Waals surface area contributed by atoms with Crippen LogP contribution in [0.5, 0.6) is 0 Å². The molecule has 1 aliphatic heterocycles. The van der Waals surface area contributed by atoms with E-state index in [1.54, 1.807) is 5.32 Å². The lowest BCUT2D eigenvalue weighted by Crippen LogP contribution is -2.36. The highest BCUT2D eigenvalue weighted by molar-refractivity contribution is 6.38. The molecule has 0 aromatic rings. The number of aliphatic hydroxyl groups is 1. The van der Waals surface area contributed by atoms with E-state index in [1.165, 1.54) is 0 Å². The van der Waals surface area contributed by atoms with Crippen LogP contribution in [0.25, 0.3) is 10.4 Å². The van der Waals surface area contributed by atoms with E-state index in [2.05, 4.69) is 21.9 Å². The Bertz CT molecular complexity index is 562. The third-order valence-electron chi connectivity index (χ3n) is 3.23. The van der Waals surface area contributed by atoms with Gasteiger partial charge in [0.2, 0.25) is 0 Å². The van der Waals surface area contributed by atoms with Gasteiger partial charge in [0.05, 0.1) is 19.2 Å². The van der Waals surface area contributed by atoms with E-state index in [0.717, 1.165) is 0 Å². The third-order valence-corrected chi connectivity index (χ3v) is 3.23. The highest BCUT2D eigenvalue weighted by Crippen LogP contribution is 2.26. The minimum Gasteiger partial charge on any atom is -0.394 e. The van der Waals surface area contributed by atoms with Gasteiger partial charge in [-0.25, -0.2) is 4.39 Å². The lowest BCUT2D eigenvalue weighted by atomic mass is 9.66. The number of amides is 1.